The molecule has 0 saturated carbocycles. The standard InChI is InChI=1S/C21H26N2O/c1-5-6-13-22-16(3)19-8-7-15(2)21(14-19)23-17(4)18-9-11-20(24)12-10-18/h7-12,14,22-24H,3-6,13H2,1-2H3. The van der Waals surface area contributed by atoms with Gasteiger partial charge in [-0.25, -0.2) is 0 Å². The summed E-state index contributed by atoms with van der Waals surface area (Å²) in [6, 6.07) is 13.2. The summed E-state index contributed by atoms with van der Waals surface area (Å²) in [6.45, 7) is 13.4. The molecule has 0 bridgehead atoms. The van der Waals surface area contributed by atoms with E-state index >= 15 is 0 Å². The lowest BCUT2D eigenvalue weighted by Gasteiger charge is -2.15. The summed E-state index contributed by atoms with van der Waals surface area (Å²) in [7, 11) is 0. The van der Waals surface area contributed by atoms with Gasteiger partial charge in [-0.1, -0.05) is 38.6 Å². The minimum Gasteiger partial charge on any atom is -0.508 e. The second kappa shape index (κ2) is 8.25. The summed E-state index contributed by atoms with van der Waals surface area (Å²) in [5.41, 5.74) is 5.88. The van der Waals surface area contributed by atoms with Crippen LogP contribution in [0.3, 0.4) is 0 Å². The van der Waals surface area contributed by atoms with Crippen molar-refractivity contribution in [1.82, 2.24) is 5.32 Å². The predicted molar refractivity (Wildman–Crippen MR) is 104 cm³/mol. The Bertz CT molecular complexity index is 717. The first-order valence-electron chi connectivity index (χ1n) is 8.30. The SMILES string of the molecule is C=C(NCCCC)c1ccc(C)c(NC(=C)c2ccc(O)cc2)c1. The Morgan fingerprint density at radius 3 is 2.33 bits per heavy atom. The van der Waals surface area contributed by atoms with E-state index in [0.717, 1.165) is 53.2 Å². The highest BCUT2D eigenvalue weighted by Crippen LogP contribution is 2.25. The van der Waals surface area contributed by atoms with Crippen LogP contribution >= 0.6 is 0 Å². The lowest BCUT2D eigenvalue weighted by Crippen LogP contribution is -2.13. The van der Waals surface area contributed by atoms with Gasteiger partial charge in [0.2, 0.25) is 0 Å². The average molecular weight is 322 g/mol. The molecule has 0 aliphatic rings. The van der Waals surface area contributed by atoms with E-state index in [2.05, 4.69) is 55.8 Å². The number of rotatable bonds is 8. The van der Waals surface area contributed by atoms with Crippen LogP contribution in [0.2, 0.25) is 0 Å². The summed E-state index contributed by atoms with van der Waals surface area (Å²) >= 11 is 0. The summed E-state index contributed by atoms with van der Waals surface area (Å²) in [5, 5.41) is 16.1. The van der Waals surface area contributed by atoms with Crippen molar-refractivity contribution in [3.8, 4) is 5.75 Å². The highest BCUT2D eigenvalue weighted by atomic mass is 16.3. The van der Waals surface area contributed by atoms with Gasteiger partial charge in [0, 0.05) is 23.6 Å². The molecule has 2 aromatic rings. The van der Waals surface area contributed by atoms with Crippen molar-refractivity contribution in [1.29, 1.82) is 0 Å². The van der Waals surface area contributed by atoms with Crippen molar-refractivity contribution in [2.24, 2.45) is 0 Å². The van der Waals surface area contributed by atoms with Crippen molar-refractivity contribution >= 4 is 17.1 Å². The second-order valence-corrected chi connectivity index (χ2v) is 5.94. The monoisotopic (exact) mass is 322 g/mol. The number of unbranched alkanes of at least 4 members (excludes halogenated alkanes) is 1. The molecule has 0 unspecified atom stereocenters. The van der Waals surface area contributed by atoms with Crippen molar-refractivity contribution in [3.63, 3.8) is 0 Å². The van der Waals surface area contributed by atoms with Crippen molar-refractivity contribution in [2.45, 2.75) is 26.7 Å². The Hall–Kier alpha value is -2.68. The van der Waals surface area contributed by atoms with Crippen LogP contribution in [-0.4, -0.2) is 11.7 Å². The largest absolute Gasteiger partial charge is 0.508 e. The maximum Gasteiger partial charge on any atom is 0.115 e. The molecule has 0 saturated heterocycles. The summed E-state index contributed by atoms with van der Waals surface area (Å²) in [6.07, 6.45) is 2.29. The Kier molecular flexibility index (Phi) is 6.07. The smallest absolute Gasteiger partial charge is 0.115 e. The van der Waals surface area contributed by atoms with E-state index in [-0.39, 0.29) is 5.75 Å². The fraction of sp³-hybridized carbons (Fsp3) is 0.238. The van der Waals surface area contributed by atoms with Gasteiger partial charge in [-0.3, -0.25) is 0 Å². The molecule has 24 heavy (non-hydrogen) atoms. The Balaban J connectivity index is 2.12. The molecule has 2 rings (SSSR count). The van der Waals surface area contributed by atoms with Crippen LogP contribution in [0.25, 0.3) is 11.4 Å². The molecule has 3 heteroatoms. The first-order chi connectivity index (χ1) is 11.5. The molecule has 0 aliphatic carbocycles. The van der Waals surface area contributed by atoms with E-state index < -0.39 is 0 Å². The Labute approximate surface area is 144 Å². The van der Waals surface area contributed by atoms with E-state index in [4.69, 9.17) is 0 Å². The maximum absolute atomic E-state index is 9.39. The van der Waals surface area contributed by atoms with Gasteiger partial charge in [0.25, 0.3) is 0 Å². The summed E-state index contributed by atoms with van der Waals surface area (Å²) < 4.78 is 0. The molecular weight excluding hydrogens is 296 g/mol. The fourth-order valence-corrected chi connectivity index (χ4v) is 2.36. The van der Waals surface area contributed by atoms with Gasteiger partial charge >= 0.3 is 0 Å². The van der Waals surface area contributed by atoms with Gasteiger partial charge in [-0.15, -0.1) is 0 Å². The molecule has 0 amide bonds. The zero-order valence-electron chi connectivity index (χ0n) is 14.5. The normalized spacial score (nSPS) is 10.2. The van der Waals surface area contributed by atoms with E-state index in [0.29, 0.717) is 0 Å². The number of phenols is 1. The zero-order valence-corrected chi connectivity index (χ0v) is 14.5. The second-order valence-electron chi connectivity index (χ2n) is 5.94. The Morgan fingerprint density at radius 2 is 1.67 bits per heavy atom. The molecule has 0 radical (unpaired) electrons. The van der Waals surface area contributed by atoms with Gasteiger partial charge in [0.15, 0.2) is 0 Å². The molecule has 0 spiro atoms. The number of benzene rings is 2. The predicted octanol–water partition coefficient (Wildman–Crippen LogP) is 5.14. The molecule has 0 fully saturated rings. The van der Waals surface area contributed by atoms with Crippen molar-refractivity contribution in [3.05, 3.63) is 72.3 Å². The third kappa shape index (κ3) is 4.66. The third-order valence-corrected chi connectivity index (χ3v) is 3.96. The first kappa shape index (κ1) is 17.7. The molecule has 0 heterocycles. The quantitative estimate of drug-likeness (QED) is 0.589. The Morgan fingerprint density at radius 1 is 1.00 bits per heavy atom. The van der Waals surface area contributed by atoms with Crippen LogP contribution in [-0.2, 0) is 0 Å². The van der Waals surface area contributed by atoms with E-state index in [1.807, 2.05) is 12.1 Å². The number of nitrogens with one attached hydrogen (secondary N) is 2. The molecular formula is C21H26N2O. The molecule has 0 atom stereocenters. The highest BCUT2D eigenvalue weighted by Gasteiger charge is 2.06. The minimum absolute atomic E-state index is 0.249. The minimum atomic E-state index is 0.249. The molecule has 0 aromatic heterocycles. The van der Waals surface area contributed by atoms with Crippen LogP contribution in [0.15, 0.2) is 55.6 Å². The zero-order chi connectivity index (χ0) is 17.5. The maximum atomic E-state index is 9.39. The lowest BCUT2D eigenvalue weighted by molar-refractivity contribution is 0.475. The van der Waals surface area contributed by atoms with E-state index in [9.17, 15) is 5.11 Å². The molecule has 126 valence electrons. The van der Waals surface area contributed by atoms with Crippen LogP contribution in [0.1, 0.15) is 36.5 Å². The average Bonchev–Trinajstić information content (AvgIpc) is 2.57. The fourth-order valence-electron chi connectivity index (χ4n) is 2.36. The summed E-state index contributed by atoms with van der Waals surface area (Å²) in [5.74, 6) is 0.249. The number of hydrogen-bond donors (Lipinski definition) is 3. The van der Waals surface area contributed by atoms with Gasteiger partial charge in [-0.05, 0) is 60.4 Å². The lowest BCUT2D eigenvalue weighted by atomic mass is 10.1. The topological polar surface area (TPSA) is 44.3 Å². The van der Waals surface area contributed by atoms with Crippen LogP contribution in [0, 0.1) is 6.92 Å². The third-order valence-electron chi connectivity index (χ3n) is 3.96. The van der Waals surface area contributed by atoms with Gasteiger partial charge in [0.1, 0.15) is 5.75 Å². The number of phenolic OH excluding ortho intramolecular Hbond substituents is 1. The number of aromatic hydroxyl groups is 1. The van der Waals surface area contributed by atoms with Gasteiger partial charge < -0.3 is 15.7 Å². The van der Waals surface area contributed by atoms with Crippen molar-refractivity contribution < 1.29 is 5.11 Å². The number of anilines is 1. The van der Waals surface area contributed by atoms with Crippen molar-refractivity contribution in [2.75, 3.05) is 11.9 Å². The first-order valence-corrected chi connectivity index (χ1v) is 8.30. The van der Waals surface area contributed by atoms with Crippen LogP contribution in [0.4, 0.5) is 5.69 Å². The molecule has 3 nitrogen and oxygen atoms in total. The molecule has 3 N–H and O–H groups in total. The molecule has 2 aromatic carbocycles. The van der Waals surface area contributed by atoms with Crippen LogP contribution < -0.4 is 10.6 Å². The van der Waals surface area contributed by atoms with Crippen LogP contribution in [0.5, 0.6) is 5.75 Å². The number of hydrogen-bond acceptors (Lipinski definition) is 3. The van der Waals surface area contributed by atoms with Gasteiger partial charge in [0.05, 0.1) is 0 Å². The van der Waals surface area contributed by atoms with E-state index in [1.165, 1.54) is 0 Å². The number of aryl methyl sites for hydroxylation is 1. The summed E-state index contributed by atoms with van der Waals surface area (Å²) in [4.78, 5) is 0. The highest BCUT2D eigenvalue weighted by molar-refractivity contribution is 5.78. The molecule has 0 aliphatic heterocycles. The van der Waals surface area contributed by atoms with E-state index in [1.54, 1.807) is 12.1 Å². The van der Waals surface area contributed by atoms with Gasteiger partial charge in [-0.2, -0.15) is 0 Å².